The maximum atomic E-state index is 11.8. The number of imide groups is 1. The minimum absolute atomic E-state index is 0.0940. The number of benzene rings is 1. The number of amides is 3. The molecule has 1 aromatic heterocycles. The van der Waals surface area contributed by atoms with Crippen LogP contribution in [0.1, 0.15) is 26.3 Å². The second-order valence-corrected chi connectivity index (χ2v) is 8.61. The molecule has 0 unspecified atom stereocenters. The van der Waals surface area contributed by atoms with Crippen LogP contribution in [0.25, 0.3) is 0 Å². The SMILES string of the molecule is Cc1ccc(Nc2nnc(SCC(=O)NC(=O)NC(C)(C)C)s2)cc1. The third-order valence-corrected chi connectivity index (χ3v) is 4.75. The number of hydrogen-bond donors (Lipinski definition) is 3. The molecule has 0 atom stereocenters. The summed E-state index contributed by atoms with van der Waals surface area (Å²) in [7, 11) is 0. The third kappa shape index (κ3) is 7.10. The topological polar surface area (TPSA) is 96.0 Å². The summed E-state index contributed by atoms with van der Waals surface area (Å²) >= 11 is 2.59. The highest BCUT2D eigenvalue weighted by Crippen LogP contribution is 2.27. The Morgan fingerprint density at radius 2 is 1.84 bits per heavy atom. The normalized spacial score (nSPS) is 11.0. The molecular weight excluding hydrogens is 358 g/mol. The largest absolute Gasteiger partial charge is 0.333 e. The van der Waals surface area contributed by atoms with Crippen molar-refractivity contribution in [2.45, 2.75) is 37.6 Å². The highest BCUT2D eigenvalue weighted by Gasteiger charge is 2.16. The van der Waals surface area contributed by atoms with Crippen molar-refractivity contribution >= 4 is 45.9 Å². The predicted octanol–water partition coefficient (Wildman–Crippen LogP) is 3.31. The fourth-order valence-corrected chi connectivity index (χ4v) is 3.31. The monoisotopic (exact) mass is 379 g/mol. The molecule has 2 aromatic rings. The smallest absolute Gasteiger partial charge is 0.321 e. The molecule has 0 fully saturated rings. The molecule has 0 aliphatic rings. The number of thioether (sulfide) groups is 1. The van der Waals surface area contributed by atoms with Gasteiger partial charge in [0.15, 0.2) is 4.34 Å². The summed E-state index contributed by atoms with van der Waals surface area (Å²) in [6.07, 6.45) is 0. The molecule has 25 heavy (non-hydrogen) atoms. The zero-order valence-corrected chi connectivity index (χ0v) is 16.2. The van der Waals surface area contributed by atoms with Crippen LogP contribution >= 0.6 is 23.1 Å². The van der Waals surface area contributed by atoms with Crippen molar-refractivity contribution in [3.63, 3.8) is 0 Å². The van der Waals surface area contributed by atoms with Crippen LogP contribution in [0.2, 0.25) is 0 Å². The fourth-order valence-electron chi connectivity index (χ4n) is 1.74. The number of hydrogen-bond acceptors (Lipinski definition) is 7. The van der Waals surface area contributed by atoms with Crippen LogP contribution in [0.5, 0.6) is 0 Å². The first-order valence-corrected chi connectivity index (χ1v) is 9.43. The Kier molecular flexibility index (Phi) is 6.38. The average molecular weight is 380 g/mol. The molecule has 2 rings (SSSR count). The lowest BCUT2D eigenvalue weighted by Crippen LogP contribution is -2.48. The van der Waals surface area contributed by atoms with E-state index in [9.17, 15) is 9.59 Å². The summed E-state index contributed by atoms with van der Waals surface area (Å²) in [5.74, 6) is -0.286. The average Bonchev–Trinajstić information content (AvgIpc) is 2.93. The Bertz CT molecular complexity index is 738. The van der Waals surface area contributed by atoms with Crippen LogP contribution in [0.3, 0.4) is 0 Å². The third-order valence-electron chi connectivity index (χ3n) is 2.78. The van der Waals surface area contributed by atoms with Crippen molar-refractivity contribution in [1.29, 1.82) is 0 Å². The van der Waals surface area contributed by atoms with E-state index < -0.39 is 11.6 Å². The van der Waals surface area contributed by atoms with E-state index >= 15 is 0 Å². The Labute approximate surface area is 155 Å². The molecule has 9 heteroatoms. The number of aryl methyl sites for hydroxylation is 1. The quantitative estimate of drug-likeness (QED) is 0.690. The Hall–Kier alpha value is -2.13. The fraction of sp³-hybridized carbons (Fsp3) is 0.375. The molecule has 7 nitrogen and oxygen atoms in total. The van der Waals surface area contributed by atoms with Crippen LogP contribution < -0.4 is 16.0 Å². The van der Waals surface area contributed by atoms with E-state index in [1.165, 1.54) is 28.7 Å². The molecule has 0 spiro atoms. The predicted molar refractivity (Wildman–Crippen MR) is 102 cm³/mol. The van der Waals surface area contributed by atoms with Gasteiger partial charge in [0.2, 0.25) is 11.0 Å². The molecule has 0 bridgehead atoms. The van der Waals surface area contributed by atoms with Gasteiger partial charge in [0.25, 0.3) is 0 Å². The Balaban J connectivity index is 1.80. The lowest BCUT2D eigenvalue weighted by molar-refractivity contribution is -0.117. The first-order chi connectivity index (χ1) is 11.7. The molecule has 1 heterocycles. The second-order valence-electron chi connectivity index (χ2n) is 6.41. The minimum atomic E-state index is -0.503. The molecule has 0 saturated carbocycles. The highest BCUT2D eigenvalue weighted by atomic mass is 32.2. The summed E-state index contributed by atoms with van der Waals surface area (Å²) in [6.45, 7) is 7.55. The van der Waals surface area contributed by atoms with E-state index in [-0.39, 0.29) is 11.7 Å². The van der Waals surface area contributed by atoms with Crippen molar-refractivity contribution in [2.24, 2.45) is 0 Å². The number of rotatable bonds is 5. The Morgan fingerprint density at radius 3 is 2.48 bits per heavy atom. The second kappa shape index (κ2) is 8.30. The molecule has 134 valence electrons. The van der Waals surface area contributed by atoms with Gasteiger partial charge < -0.3 is 10.6 Å². The molecule has 3 N–H and O–H groups in total. The number of urea groups is 1. The molecular formula is C16H21N5O2S2. The number of nitrogens with zero attached hydrogens (tertiary/aromatic N) is 2. The molecule has 0 radical (unpaired) electrons. The summed E-state index contributed by atoms with van der Waals surface area (Å²) in [4.78, 5) is 23.4. The van der Waals surface area contributed by atoms with Gasteiger partial charge in [-0.05, 0) is 39.8 Å². The number of nitrogens with one attached hydrogen (secondary N) is 3. The van der Waals surface area contributed by atoms with Gasteiger partial charge in [0.1, 0.15) is 0 Å². The summed E-state index contributed by atoms with van der Waals surface area (Å²) in [5, 5.41) is 16.8. The maximum Gasteiger partial charge on any atom is 0.321 e. The van der Waals surface area contributed by atoms with Gasteiger partial charge in [-0.1, -0.05) is 40.8 Å². The lowest BCUT2D eigenvalue weighted by atomic mass is 10.1. The Morgan fingerprint density at radius 1 is 1.16 bits per heavy atom. The van der Waals surface area contributed by atoms with Gasteiger partial charge in [0, 0.05) is 11.2 Å². The van der Waals surface area contributed by atoms with Crippen LogP contribution in [0.4, 0.5) is 15.6 Å². The number of anilines is 2. The maximum absolute atomic E-state index is 11.8. The molecule has 0 saturated heterocycles. The van der Waals surface area contributed by atoms with E-state index in [4.69, 9.17) is 0 Å². The number of aromatic nitrogens is 2. The van der Waals surface area contributed by atoms with Crippen molar-refractivity contribution < 1.29 is 9.59 Å². The number of carbonyl (C=O) groups excluding carboxylic acids is 2. The van der Waals surface area contributed by atoms with E-state index in [1.807, 2.05) is 52.0 Å². The van der Waals surface area contributed by atoms with Crippen molar-refractivity contribution in [3.8, 4) is 0 Å². The van der Waals surface area contributed by atoms with E-state index in [0.29, 0.717) is 9.47 Å². The van der Waals surface area contributed by atoms with Gasteiger partial charge in [-0.25, -0.2) is 4.79 Å². The van der Waals surface area contributed by atoms with Gasteiger partial charge in [-0.3, -0.25) is 10.1 Å². The van der Waals surface area contributed by atoms with E-state index in [0.717, 1.165) is 5.69 Å². The van der Waals surface area contributed by atoms with Crippen LogP contribution in [-0.4, -0.2) is 33.4 Å². The molecule has 1 aromatic carbocycles. The molecule has 3 amide bonds. The van der Waals surface area contributed by atoms with Crippen LogP contribution in [-0.2, 0) is 4.79 Å². The van der Waals surface area contributed by atoms with Crippen molar-refractivity contribution in [2.75, 3.05) is 11.1 Å². The van der Waals surface area contributed by atoms with Gasteiger partial charge >= 0.3 is 6.03 Å². The molecule has 0 aliphatic carbocycles. The van der Waals surface area contributed by atoms with Crippen LogP contribution in [0, 0.1) is 6.92 Å². The van der Waals surface area contributed by atoms with Crippen molar-refractivity contribution in [3.05, 3.63) is 29.8 Å². The molecule has 0 aliphatic heterocycles. The minimum Gasteiger partial charge on any atom is -0.333 e. The van der Waals surface area contributed by atoms with Gasteiger partial charge in [-0.2, -0.15) is 0 Å². The number of carbonyl (C=O) groups is 2. The summed E-state index contributed by atoms with van der Waals surface area (Å²) in [5.41, 5.74) is 1.71. The van der Waals surface area contributed by atoms with Crippen LogP contribution in [0.15, 0.2) is 28.6 Å². The summed E-state index contributed by atoms with van der Waals surface area (Å²) < 4.78 is 0.654. The van der Waals surface area contributed by atoms with E-state index in [1.54, 1.807) is 0 Å². The zero-order chi connectivity index (χ0) is 18.4. The van der Waals surface area contributed by atoms with Gasteiger partial charge in [-0.15, -0.1) is 10.2 Å². The summed E-state index contributed by atoms with van der Waals surface area (Å²) in [6, 6.07) is 7.44. The van der Waals surface area contributed by atoms with Gasteiger partial charge in [0.05, 0.1) is 5.75 Å². The van der Waals surface area contributed by atoms with E-state index in [2.05, 4.69) is 26.1 Å². The lowest BCUT2D eigenvalue weighted by Gasteiger charge is -2.20. The zero-order valence-electron chi connectivity index (χ0n) is 14.5. The first kappa shape index (κ1) is 19.2. The first-order valence-electron chi connectivity index (χ1n) is 7.63. The van der Waals surface area contributed by atoms with Crippen molar-refractivity contribution in [1.82, 2.24) is 20.8 Å². The standard InChI is InChI=1S/C16H21N5O2S2/c1-10-5-7-11(8-6-10)17-14-20-21-15(25-14)24-9-12(22)18-13(23)19-16(2,3)4/h5-8H,9H2,1-4H3,(H,17,20)(H2,18,19,22,23). The highest BCUT2D eigenvalue weighted by molar-refractivity contribution is 8.01.